The number of aromatic hydroxyl groups is 2. The molecule has 6 N–H and O–H groups in total. The fourth-order valence-corrected chi connectivity index (χ4v) is 3.06. The van der Waals surface area contributed by atoms with Crippen molar-refractivity contribution in [2.75, 3.05) is 29.0 Å². The van der Waals surface area contributed by atoms with Gasteiger partial charge in [-0.25, -0.2) is 9.97 Å². The number of rotatable bonds is 8. The third-order valence-electron chi connectivity index (χ3n) is 4.72. The number of nitrogen functional groups attached to an aromatic ring is 1. The molecule has 0 spiro atoms. The van der Waals surface area contributed by atoms with E-state index in [1.54, 1.807) is 30.3 Å². The predicted octanol–water partition coefficient (Wildman–Crippen LogP) is 3.44. The summed E-state index contributed by atoms with van der Waals surface area (Å²) >= 11 is 0. The van der Waals surface area contributed by atoms with Crippen LogP contribution in [0.2, 0.25) is 0 Å². The van der Waals surface area contributed by atoms with Crippen LogP contribution in [0.3, 0.4) is 0 Å². The summed E-state index contributed by atoms with van der Waals surface area (Å²) in [6.07, 6.45) is 1.24. The van der Waals surface area contributed by atoms with Crippen LogP contribution in [-0.2, 0) is 4.79 Å². The Bertz CT molecular complexity index is 1250. The van der Waals surface area contributed by atoms with Crippen molar-refractivity contribution < 1.29 is 15.0 Å². The number of para-hydroxylation sites is 1. The molecule has 1 heterocycles. The second kappa shape index (κ2) is 12.4. The van der Waals surface area contributed by atoms with E-state index in [-0.39, 0.29) is 53.1 Å². The Balaban J connectivity index is 0.00000210. The van der Waals surface area contributed by atoms with Gasteiger partial charge in [0.2, 0.25) is 0 Å². The van der Waals surface area contributed by atoms with Gasteiger partial charge in [-0.1, -0.05) is 38.6 Å². The summed E-state index contributed by atoms with van der Waals surface area (Å²) in [6.45, 7) is 7.88. The van der Waals surface area contributed by atoms with E-state index in [1.807, 2.05) is 19.9 Å². The second-order valence-electron chi connectivity index (χ2n) is 6.87. The van der Waals surface area contributed by atoms with Crippen LogP contribution in [0.1, 0.15) is 25.0 Å². The van der Waals surface area contributed by atoms with E-state index in [4.69, 9.17) is 16.4 Å². The van der Waals surface area contributed by atoms with Crippen LogP contribution >= 0.6 is 0 Å². The maximum atomic E-state index is 12.6. The minimum atomic E-state index is -0.528. The molecule has 0 aliphatic heterocycles. The molecule has 0 radical (unpaired) electrons. The quantitative estimate of drug-likeness (QED) is 0.143. The number of carbonyl (C=O) groups excluding carboxylic acids is 1. The normalized spacial score (nSPS) is 9.74. The molecule has 0 saturated heterocycles. The van der Waals surface area contributed by atoms with Crippen LogP contribution in [0, 0.1) is 16.7 Å². The van der Waals surface area contributed by atoms with Gasteiger partial charge >= 0.3 is 0 Å². The number of nitrogens with one attached hydrogen (secondary N) is 2. The van der Waals surface area contributed by atoms with Gasteiger partial charge in [0.05, 0.1) is 11.3 Å². The van der Waals surface area contributed by atoms with Crippen LogP contribution in [-0.4, -0.2) is 44.9 Å². The minimum absolute atomic E-state index is 0.0407. The standard InChI is InChI=1S/C23H21N7O3.C2H6/c1-14(12-24)23(33)30(16-5-3-2-4-6-16)10-9-27-22-19(21(26)28-13-29-22)20(25)15-7-8-17(31)18(32)11-15;1-2/h2-8,11,13,25,31-32H,1,9-10H2,(H3,26,27,28,29);1-2H3. The highest BCUT2D eigenvalue weighted by atomic mass is 16.3. The number of anilines is 3. The van der Waals surface area contributed by atoms with Gasteiger partial charge in [-0.05, 0) is 30.3 Å². The average molecular weight is 474 g/mol. The largest absolute Gasteiger partial charge is 0.504 e. The van der Waals surface area contributed by atoms with E-state index >= 15 is 0 Å². The van der Waals surface area contributed by atoms with Crippen molar-refractivity contribution in [1.82, 2.24) is 9.97 Å². The van der Waals surface area contributed by atoms with Crippen LogP contribution in [0.5, 0.6) is 11.5 Å². The van der Waals surface area contributed by atoms with Gasteiger partial charge in [-0.3, -0.25) is 10.2 Å². The van der Waals surface area contributed by atoms with Crippen molar-refractivity contribution in [3.05, 3.63) is 78.1 Å². The number of nitrogens with two attached hydrogens (primary N) is 1. The summed E-state index contributed by atoms with van der Waals surface area (Å²) < 4.78 is 0. The van der Waals surface area contributed by atoms with Crippen LogP contribution < -0.4 is 16.0 Å². The molecule has 0 saturated carbocycles. The number of hydrogen-bond donors (Lipinski definition) is 5. The van der Waals surface area contributed by atoms with Crippen LogP contribution in [0.4, 0.5) is 17.3 Å². The molecular weight excluding hydrogens is 446 g/mol. The zero-order chi connectivity index (χ0) is 26.0. The molecule has 1 aromatic heterocycles. The highest BCUT2D eigenvalue weighted by Gasteiger charge is 2.20. The summed E-state index contributed by atoms with van der Waals surface area (Å²) in [5.74, 6) is -0.928. The summed E-state index contributed by atoms with van der Waals surface area (Å²) in [6, 6.07) is 14.6. The smallest absolute Gasteiger partial charge is 0.268 e. The summed E-state index contributed by atoms with van der Waals surface area (Å²) in [7, 11) is 0. The van der Waals surface area contributed by atoms with Crippen molar-refractivity contribution in [3.63, 3.8) is 0 Å². The van der Waals surface area contributed by atoms with Gasteiger partial charge < -0.3 is 26.2 Å². The topological polar surface area (TPSA) is 172 Å². The molecule has 3 rings (SSSR count). The van der Waals surface area contributed by atoms with Crippen molar-refractivity contribution in [2.24, 2.45) is 0 Å². The third kappa shape index (κ3) is 6.33. The highest BCUT2D eigenvalue weighted by molar-refractivity contribution is 6.16. The Morgan fingerprint density at radius 1 is 1.17 bits per heavy atom. The molecule has 35 heavy (non-hydrogen) atoms. The lowest BCUT2D eigenvalue weighted by Crippen LogP contribution is -2.36. The third-order valence-corrected chi connectivity index (χ3v) is 4.72. The predicted molar refractivity (Wildman–Crippen MR) is 136 cm³/mol. The lowest BCUT2D eigenvalue weighted by atomic mass is 10.0. The average Bonchev–Trinajstić information content (AvgIpc) is 2.88. The number of hydrogen-bond acceptors (Lipinski definition) is 9. The number of phenolic OH excluding ortho intramolecular Hbond substituents is 2. The Hall–Kier alpha value is -4.91. The van der Waals surface area contributed by atoms with E-state index in [9.17, 15) is 15.0 Å². The van der Waals surface area contributed by atoms with Gasteiger partial charge in [-0.15, -0.1) is 0 Å². The lowest BCUT2D eigenvalue weighted by Gasteiger charge is -2.23. The molecule has 10 nitrogen and oxygen atoms in total. The SMILES string of the molecule is C=C(C#N)C(=O)N(CCNc1ncnc(N)c1C(=N)c1ccc(O)c(O)c1)c1ccccc1.CC. The van der Waals surface area contributed by atoms with E-state index in [1.165, 1.54) is 29.4 Å². The van der Waals surface area contributed by atoms with Gasteiger partial charge in [0.1, 0.15) is 29.6 Å². The Labute approximate surface area is 203 Å². The molecule has 180 valence electrons. The highest BCUT2D eigenvalue weighted by Crippen LogP contribution is 2.28. The fraction of sp³-hybridized carbons (Fsp3) is 0.160. The van der Waals surface area contributed by atoms with Crippen LogP contribution in [0.15, 0.2) is 67.0 Å². The summed E-state index contributed by atoms with van der Waals surface area (Å²) in [5, 5.41) is 39.9. The van der Waals surface area contributed by atoms with Crippen LogP contribution in [0.25, 0.3) is 0 Å². The Morgan fingerprint density at radius 3 is 2.49 bits per heavy atom. The molecule has 0 aliphatic rings. The monoisotopic (exact) mass is 473 g/mol. The maximum Gasteiger partial charge on any atom is 0.268 e. The molecule has 3 aromatic rings. The Kier molecular flexibility index (Phi) is 9.30. The first-order chi connectivity index (χ1) is 16.8. The molecule has 0 aliphatic carbocycles. The van der Waals surface area contributed by atoms with Gasteiger partial charge in [0, 0.05) is 24.3 Å². The molecule has 0 bridgehead atoms. The number of nitriles is 1. The summed E-state index contributed by atoms with van der Waals surface area (Å²) in [5.41, 5.74) is 6.82. The van der Waals surface area contributed by atoms with Gasteiger partial charge in [0.15, 0.2) is 11.5 Å². The van der Waals surface area contributed by atoms with E-state index in [0.29, 0.717) is 11.3 Å². The number of benzene rings is 2. The molecule has 0 fully saturated rings. The zero-order valence-electron chi connectivity index (χ0n) is 19.5. The summed E-state index contributed by atoms with van der Waals surface area (Å²) in [4.78, 5) is 22.2. The number of nitrogens with zero attached hydrogens (tertiary/aromatic N) is 4. The number of phenols is 2. The van der Waals surface area contributed by atoms with E-state index in [2.05, 4.69) is 21.9 Å². The molecule has 2 aromatic carbocycles. The first kappa shape index (κ1) is 26.3. The first-order valence-electron chi connectivity index (χ1n) is 10.7. The number of carbonyl (C=O) groups is 1. The zero-order valence-corrected chi connectivity index (χ0v) is 19.5. The van der Waals surface area contributed by atoms with E-state index in [0.717, 1.165) is 0 Å². The number of amides is 1. The maximum absolute atomic E-state index is 12.6. The molecule has 1 amide bonds. The van der Waals surface area contributed by atoms with Crippen molar-refractivity contribution >= 4 is 28.9 Å². The minimum Gasteiger partial charge on any atom is -0.504 e. The van der Waals surface area contributed by atoms with Gasteiger partial charge in [-0.2, -0.15) is 5.26 Å². The molecule has 0 unspecified atom stereocenters. The molecule has 10 heteroatoms. The van der Waals surface area contributed by atoms with Gasteiger partial charge in [0.25, 0.3) is 5.91 Å². The lowest BCUT2D eigenvalue weighted by molar-refractivity contribution is -0.114. The Morgan fingerprint density at radius 2 is 1.86 bits per heavy atom. The second-order valence-corrected chi connectivity index (χ2v) is 6.87. The molecule has 0 atom stereocenters. The van der Waals surface area contributed by atoms with Crippen molar-refractivity contribution in [2.45, 2.75) is 13.8 Å². The number of aromatic nitrogens is 2. The fourth-order valence-electron chi connectivity index (χ4n) is 3.06. The van der Waals surface area contributed by atoms with Crippen molar-refractivity contribution in [1.29, 1.82) is 10.7 Å². The first-order valence-corrected chi connectivity index (χ1v) is 10.7. The van der Waals surface area contributed by atoms with Crippen molar-refractivity contribution in [3.8, 4) is 17.6 Å². The molecular formula is C25H27N7O3. The van der Waals surface area contributed by atoms with E-state index < -0.39 is 5.91 Å².